The lowest BCUT2D eigenvalue weighted by Crippen LogP contribution is -2.23. The van der Waals surface area contributed by atoms with Crippen molar-refractivity contribution in [2.45, 2.75) is 31.2 Å². The van der Waals surface area contributed by atoms with Crippen LogP contribution in [0.5, 0.6) is 0 Å². The smallest absolute Gasteiger partial charge is 0.311 e. The fourth-order valence-corrected chi connectivity index (χ4v) is 4.26. The van der Waals surface area contributed by atoms with Crippen molar-refractivity contribution in [2.75, 3.05) is 0 Å². The fraction of sp³-hybridized carbons (Fsp3) is 0.182. The van der Waals surface area contributed by atoms with Crippen molar-refractivity contribution in [2.24, 2.45) is 0 Å². The maximum atomic E-state index is 11.7. The van der Waals surface area contributed by atoms with Crippen LogP contribution in [0.3, 0.4) is 0 Å². The van der Waals surface area contributed by atoms with E-state index in [2.05, 4.69) is 52.2 Å². The largest absolute Gasteiger partial charge is 0.325 e. The number of para-hydroxylation sites is 1. The first-order valence-electron chi connectivity index (χ1n) is 9.51. The number of rotatable bonds is 6. The lowest BCUT2D eigenvalue weighted by Gasteiger charge is -2.11. The topological polar surface area (TPSA) is 96.4 Å². The van der Waals surface area contributed by atoms with Gasteiger partial charge in [-0.25, -0.2) is 4.79 Å². The van der Waals surface area contributed by atoms with Crippen molar-refractivity contribution < 1.29 is 0 Å². The average molecular weight is 420 g/mol. The first-order chi connectivity index (χ1) is 14.5. The maximum Gasteiger partial charge on any atom is 0.325 e. The second-order valence-electron chi connectivity index (χ2n) is 7.08. The molecule has 8 heteroatoms. The van der Waals surface area contributed by atoms with E-state index in [1.807, 2.05) is 34.9 Å². The normalized spacial score (nSPS) is 11.0. The van der Waals surface area contributed by atoms with Gasteiger partial charge < -0.3 is 4.98 Å². The van der Waals surface area contributed by atoms with Gasteiger partial charge in [0.2, 0.25) is 0 Å². The summed E-state index contributed by atoms with van der Waals surface area (Å²) >= 11 is 1.61. The highest BCUT2D eigenvalue weighted by Crippen LogP contribution is 2.27. The summed E-state index contributed by atoms with van der Waals surface area (Å²) in [5, 5.41) is 9.51. The van der Waals surface area contributed by atoms with Crippen molar-refractivity contribution in [3.8, 4) is 5.69 Å². The van der Waals surface area contributed by atoms with E-state index in [1.54, 1.807) is 11.8 Å². The Morgan fingerprint density at radius 2 is 1.77 bits per heavy atom. The molecule has 0 spiro atoms. The SMILES string of the molecule is Cc1ccc(C)c(CSc2nnc(Cc3cc(=O)[nH]c(=O)[nH]3)n2-c2ccccc2)c1. The lowest BCUT2D eigenvalue weighted by molar-refractivity contribution is 0.829. The minimum Gasteiger partial charge on any atom is -0.311 e. The van der Waals surface area contributed by atoms with E-state index in [-0.39, 0.29) is 6.42 Å². The third-order valence-electron chi connectivity index (χ3n) is 4.74. The van der Waals surface area contributed by atoms with Crippen molar-refractivity contribution >= 4 is 11.8 Å². The van der Waals surface area contributed by atoms with Crippen LogP contribution < -0.4 is 11.2 Å². The Hall–Kier alpha value is -3.39. The van der Waals surface area contributed by atoms with Gasteiger partial charge in [0.15, 0.2) is 5.16 Å². The van der Waals surface area contributed by atoms with E-state index in [1.165, 1.54) is 22.8 Å². The highest BCUT2D eigenvalue weighted by Gasteiger charge is 2.16. The fourth-order valence-electron chi connectivity index (χ4n) is 3.23. The second-order valence-corrected chi connectivity index (χ2v) is 8.02. The van der Waals surface area contributed by atoms with Crippen LogP contribution in [0.2, 0.25) is 0 Å². The summed E-state index contributed by atoms with van der Waals surface area (Å²) < 4.78 is 1.97. The van der Waals surface area contributed by atoms with E-state index in [9.17, 15) is 9.59 Å². The number of H-pyrrole nitrogens is 2. The molecule has 0 amide bonds. The zero-order chi connectivity index (χ0) is 21.1. The van der Waals surface area contributed by atoms with Crippen LogP contribution in [-0.2, 0) is 12.2 Å². The molecule has 4 aromatic rings. The van der Waals surface area contributed by atoms with Gasteiger partial charge in [-0.2, -0.15) is 0 Å². The summed E-state index contributed by atoms with van der Waals surface area (Å²) in [5.74, 6) is 1.41. The number of nitrogens with one attached hydrogen (secondary N) is 2. The summed E-state index contributed by atoms with van der Waals surface area (Å²) in [6, 6.07) is 17.6. The van der Waals surface area contributed by atoms with Crippen molar-refractivity contribution in [1.29, 1.82) is 0 Å². The monoisotopic (exact) mass is 419 g/mol. The molecule has 0 saturated heterocycles. The number of benzene rings is 2. The van der Waals surface area contributed by atoms with Gasteiger partial charge in [0.25, 0.3) is 5.56 Å². The zero-order valence-corrected chi connectivity index (χ0v) is 17.5. The van der Waals surface area contributed by atoms with E-state index in [0.717, 1.165) is 16.6 Å². The Morgan fingerprint density at radius 3 is 2.53 bits per heavy atom. The van der Waals surface area contributed by atoms with Crippen LogP contribution in [0.1, 0.15) is 28.2 Å². The molecule has 152 valence electrons. The van der Waals surface area contributed by atoms with Crippen LogP contribution in [0.4, 0.5) is 0 Å². The van der Waals surface area contributed by atoms with Gasteiger partial charge in [-0.3, -0.25) is 14.3 Å². The predicted octanol–water partition coefficient (Wildman–Crippen LogP) is 3.14. The number of hydrogen-bond acceptors (Lipinski definition) is 5. The molecule has 0 bridgehead atoms. The molecule has 0 unspecified atom stereocenters. The summed E-state index contributed by atoms with van der Waals surface area (Å²) in [6.45, 7) is 4.19. The average Bonchev–Trinajstić information content (AvgIpc) is 3.11. The van der Waals surface area contributed by atoms with E-state index in [0.29, 0.717) is 11.5 Å². The Balaban J connectivity index is 1.69. The zero-order valence-electron chi connectivity index (χ0n) is 16.7. The first kappa shape index (κ1) is 19.9. The second kappa shape index (κ2) is 8.54. The van der Waals surface area contributed by atoms with Gasteiger partial charge in [0.05, 0.1) is 0 Å². The van der Waals surface area contributed by atoms with Crippen molar-refractivity contribution in [3.05, 3.63) is 104 Å². The molecular weight excluding hydrogens is 398 g/mol. The summed E-state index contributed by atoms with van der Waals surface area (Å²) in [6.07, 6.45) is 0.283. The van der Waals surface area contributed by atoms with Crippen LogP contribution >= 0.6 is 11.8 Å². The van der Waals surface area contributed by atoms with Gasteiger partial charge in [0, 0.05) is 29.6 Å². The highest BCUT2D eigenvalue weighted by molar-refractivity contribution is 7.98. The van der Waals surface area contributed by atoms with Crippen molar-refractivity contribution in [3.63, 3.8) is 0 Å². The molecule has 0 aliphatic carbocycles. The summed E-state index contributed by atoms with van der Waals surface area (Å²) in [5.41, 5.74) is 4.15. The lowest BCUT2D eigenvalue weighted by atomic mass is 10.1. The molecule has 2 aromatic heterocycles. The van der Waals surface area contributed by atoms with Gasteiger partial charge in [0.1, 0.15) is 5.82 Å². The Kier molecular flexibility index (Phi) is 5.67. The predicted molar refractivity (Wildman–Crippen MR) is 117 cm³/mol. The Morgan fingerprint density at radius 1 is 0.967 bits per heavy atom. The number of thioether (sulfide) groups is 1. The number of hydrogen-bond donors (Lipinski definition) is 2. The maximum absolute atomic E-state index is 11.7. The molecule has 30 heavy (non-hydrogen) atoms. The standard InChI is InChI=1S/C22H21N5O2S/c1-14-8-9-15(2)16(10-14)13-30-22-26-25-19(27(22)18-6-4-3-5-7-18)11-17-12-20(28)24-21(29)23-17/h3-10,12H,11,13H2,1-2H3,(H2,23,24,28,29). The first-order valence-corrected chi connectivity index (χ1v) is 10.5. The van der Waals surface area contributed by atoms with Gasteiger partial charge in [-0.1, -0.05) is 53.7 Å². The Labute approximate surface area is 177 Å². The molecule has 0 atom stereocenters. The molecule has 7 nitrogen and oxygen atoms in total. The molecule has 0 aliphatic heterocycles. The molecule has 2 N–H and O–H groups in total. The molecule has 0 aliphatic rings. The van der Waals surface area contributed by atoms with Gasteiger partial charge in [-0.15, -0.1) is 10.2 Å². The van der Waals surface area contributed by atoms with E-state index < -0.39 is 11.2 Å². The number of aromatic amines is 2. The van der Waals surface area contributed by atoms with Gasteiger partial charge >= 0.3 is 5.69 Å². The van der Waals surface area contributed by atoms with E-state index in [4.69, 9.17) is 0 Å². The molecule has 0 saturated carbocycles. The Bertz CT molecular complexity index is 1260. The van der Waals surface area contributed by atoms with Crippen LogP contribution in [0, 0.1) is 13.8 Å². The minimum atomic E-state index is -0.534. The van der Waals surface area contributed by atoms with E-state index >= 15 is 0 Å². The number of nitrogens with zero attached hydrogens (tertiary/aromatic N) is 3. The minimum absolute atomic E-state index is 0.283. The number of aromatic nitrogens is 5. The van der Waals surface area contributed by atoms with Gasteiger partial charge in [-0.05, 0) is 37.1 Å². The van der Waals surface area contributed by atoms with Crippen LogP contribution in [0.15, 0.2) is 69.3 Å². The summed E-state index contributed by atoms with van der Waals surface area (Å²) in [4.78, 5) is 28.1. The molecule has 2 heterocycles. The third kappa shape index (κ3) is 4.44. The number of aryl methyl sites for hydroxylation is 2. The molecule has 0 radical (unpaired) electrons. The highest BCUT2D eigenvalue weighted by atomic mass is 32.2. The quantitative estimate of drug-likeness (QED) is 0.468. The molecular formula is C22H21N5O2S. The van der Waals surface area contributed by atoms with Crippen LogP contribution in [-0.4, -0.2) is 24.7 Å². The molecule has 2 aromatic carbocycles. The molecule has 4 rings (SSSR count). The van der Waals surface area contributed by atoms with Crippen LogP contribution in [0.25, 0.3) is 5.69 Å². The molecule has 0 fully saturated rings. The van der Waals surface area contributed by atoms with Crippen molar-refractivity contribution in [1.82, 2.24) is 24.7 Å². The summed E-state index contributed by atoms with van der Waals surface area (Å²) in [7, 11) is 0. The third-order valence-corrected chi connectivity index (χ3v) is 5.72.